The molecule has 1 amide bonds. The lowest BCUT2D eigenvalue weighted by atomic mass is 9.98. The maximum Gasteiger partial charge on any atom is 0.263 e. The fourth-order valence-electron chi connectivity index (χ4n) is 3.25. The van der Waals surface area contributed by atoms with Gasteiger partial charge in [0.1, 0.15) is 5.75 Å². The van der Waals surface area contributed by atoms with E-state index >= 15 is 0 Å². The molecule has 1 aliphatic heterocycles. The predicted molar refractivity (Wildman–Crippen MR) is 98.5 cm³/mol. The number of likely N-dealkylation sites (tertiary alicyclic amines) is 1. The maximum atomic E-state index is 12.6. The first-order valence-electron chi connectivity index (χ1n) is 8.56. The SMILES string of the molecule is COc1ccccc1-c1nnc([C@@H]2CCCN(C(=O)c3cccs3)C2)o1. The minimum Gasteiger partial charge on any atom is -0.496 e. The molecule has 0 N–H and O–H groups in total. The van der Waals surface area contributed by atoms with E-state index in [0.717, 1.165) is 29.8 Å². The van der Waals surface area contributed by atoms with Crippen LogP contribution in [0.1, 0.15) is 34.3 Å². The van der Waals surface area contributed by atoms with Gasteiger partial charge in [0.2, 0.25) is 5.89 Å². The van der Waals surface area contributed by atoms with Gasteiger partial charge in [0.25, 0.3) is 11.8 Å². The Kier molecular flexibility index (Phi) is 4.71. The average molecular weight is 369 g/mol. The minimum absolute atomic E-state index is 0.0589. The van der Waals surface area contributed by atoms with Gasteiger partial charge in [0.15, 0.2) is 0 Å². The van der Waals surface area contributed by atoms with Crippen molar-refractivity contribution in [2.75, 3.05) is 20.2 Å². The Labute approximate surface area is 155 Å². The molecule has 1 saturated heterocycles. The lowest BCUT2D eigenvalue weighted by molar-refractivity contribution is 0.0703. The van der Waals surface area contributed by atoms with Crippen LogP contribution in [0.5, 0.6) is 5.75 Å². The number of hydrogen-bond donors (Lipinski definition) is 0. The maximum absolute atomic E-state index is 12.6. The molecule has 6 nitrogen and oxygen atoms in total. The van der Waals surface area contributed by atoms with Crippen molar-refractivity contribution < 1.29 is 13.9 Å². The normalized spacial score (nSPS) is 17.3. The van der Waals surface area contributed by atoms with Crippen LogP contribution in [-0.4, -0.2) is 41.2 Å². The average Bonchev–Trinajstić information content (AvgIpc) is 3.39. The van der Waals surface area contributed by atoms with E-state index in [1.165, 1.54) is 11.3 Å². The Morgan fingerprint density at radius 3 is 2.96 bits per heavy atom. The van der Waals surface area contributed by atoms with E-state index < -0.39 is 0 Å². The second kappa shape index (κ2) is 7.29. The van der Waals surface area contributed by atoms with Gasteiger partial charge in [0, 0.05) is 13.1 Å². The highest BCUT2D eigenvalue weighted by Crippen LogP contribution is 2.32. The van der Waals surface area contributed by atoms with Crippen LogP contribution >= 0.6 is 11.3 Å². The zero-order valence-electron chi connectivity index (χ0n) is 14.4. The van der Waals surface area contributed by atoms with Gasteiger partial charge in [-0.05, 0) is 36.4 Å². The molecular weight excluding hydrogens is 350 g/mol. The summed E-state index contributed by atoms with van der Waals surface area (Å²) in [5.74, 6) is 1.85. The first-order valence-corrected chi connectivity index (χ1v) is 9.44. The monoisotopic (exact) mass is 369 g/mol. The molecule has 0 saturated carbocycles. The van der Waals surface area contributed by atoms with E-state index in [4.69, 9.17) is 9.15 Å². The molecule has 0 bridgehead atoms. The van der Waals surface area contributed by atoms with Gasteiger partial charge in [-0.25, -0.2) is 0 Å². The van der Waals surface area contributed by atoms with Crippen LogP contribution in [0.3, 0.4) is 0 Å². The highest BCUT2D eigenvalue weighted by atomic mass is 32.1. The Morgan fingerprint density at radius 2 is 2.15 bits per heavy atom. The first-order chi connectivity index (χ1) is 12.8. The number of ether oxygens (including phenoxy) is 1. The Bertz CT molecular complexity index is 891. The predicted octanol–water partition coefficient (Wildman–Crippen LogP) is 3.83. The molecule has 4 rings (SSSR count). The summed E-state index contributed by atoms with van der Waals surface area (Å²) in [6.45, 7) is 1.37. The van der Waals surface area contributed by atoms with E-state index in [0.29, 0.717) is 24.1 Å². The number of rotatable bonds is 4. The van der Waals surface area contributed by atoms with E-state index in [1.807, 2.05) is 46.7 Å². The molecule has 26 heavy (non-hydrogen) atoms. The number of aromatic nitrogens is 2. The van der Waals surface area contributed by atoms with Gasteiger partial charge in [0.05, 0.1) is 23.5 Å². The van der Waals surface area contributed by atoms with Gasteiger partial charge in [-0.2, -0.15) is 0 Å². The fraction of sp³-hybridized carbons (Fsp3) is 0.316. The third-order valence-electron chi connectivity index (χ3n) is 4.57. The van der Waals surface area contributed by atoms with E-state index in [2.05, 4.69) is 10.2 Å². The van der Waals surface area contributed by atoms with Crippen LogP contribution in [-0.2, 0) is 0 Å². The van der Waals surface area contributed by atoms with Crippen molar-refractivity contribution in [1.29, 1.82) is 0 Å². The van der Waals surface area contributed by atoms with Crippen LogP contribution < -0.4 is 4.74 Å². The molecule has 3 heterocycles. The third-order valence-corrected chi connectivity index (χ3v) is 5.43. The molecular formula is C19H19N3O3S. The summed E-state index contributed by atoms with van der Waals surface area (Å²) in [4.78, 5) is 15.3. The Balaban J connectivity index is 1.53. The van der Waals surface area contributed by atoms with Crippen LogP contribution in [0.4, 0.5) is 0 Å². The number of carbonyl (C=O) groups excluding carboxylic acids is 1. The summed E-state index contributed by atoms with van der Waals surface area (Å²) >= 11 is 1.47. The van der Waals surface area contributed by atoms with Crippen molar-refractivity contribution in [3.8, 4) is 17.2 Å². The summed E-state index contributed by atoms with van der Waals surface area (Å²) in [6.07, 6.45) is 1.86. The third kappa shape index (κ3) is 3.22. The highest BCUT2D eigenvalue weighted by molar-refractivity contribution is 7.12. The van der Waals surface area contributed by atoms with Crippen LogP contribution in [0.2, 0.25) is 0 Å². The number of nitrogens with zero attached hydrogens (tertiary/aromatic N) is 3. The molecule has 0 spiro atoms. The smallest absolute Gasteiger partial charge is 0.263 e. The fourth-order valence-corrected chi connectivity index (χ4v) is 3.94. The summed E-state index contributed by atoms with van der Waals surface area (Å²) < 4.78 is 11.3. The number of carbonyl (C=O) groups is 1. The number of hydrogen-bond acceptors (Lipinski definition) is 6. The van der Waals surface area contributed by atoms with Crippen molar-refractivity contribution in [3.05, 3.63) is 52.5 Å². The molecule has 7 heteroatoms. The van der Waals surface area contributed by atoms with Gasteiger partial charge < -0.3 is 14.1 Å². The van der Waals surface area contributed by atoms with Crippen molar-refractivity contribution in [3.63, 3.8) is 0 Å². The summed E-state index contributed by atoms with van der Waals surface area (Å²) in [7, 11) is 1.62. The number of methoxy groups -OCH3 is 1. The van der Waals surface area contributed by atoms with Crippen LogP contribution in [0, 0.1) is 0 Å². The van der Waals surface area contributed by atoms with Crippen molar-refractivity contribution in [1.82, 2.24) is 15.1 Å². The zero-order chi connectivity index (χ0) is 17.9. The summed E-state index contributed by atoms with van der Waals surface area (Å²) in [5, 5.41) is 10.4. The van der Waals surface area contributed by atoms with Crippen LogP contribution in [0.15, 0.2) is 46.2 Å². The molecule has 3 aromatic rings. The number of piperidine rings is 1. The summed E-state index contributed by atoms with van der Waals surface area (Å²) in [5.41, 5.74) is 0.774. The van der Waals surface area contributed by atoms with E-state index in [-0.39, 0.29) is 11.8 Å². The topological polar surface area (TPSA) is 68.5 Å². The molecule has 0 unspecified atom stereocenters. The molecule has 0 radical (unpaired) electrons. The lowest BCUT2D eigenvalue weighted by Crippen LogP contribution is -2.38. The molecule has 1 aliphatic rings. The van der Waals surface area contributed by atoms with Crippen molar-refractivity contribution >= 4 is 17.2 Å². The molecule has 1 atom stereocenters. The lowest BCUT2D eigenvalue weighted by Gasteiger charge is -2.30. The number of benzene rings is 1. The Hall–Kier alpha value is -2.67. The van der Waals surface area contributed by atoms with Crippen LogP contribution in [0.25, 0.3) is 11.5 Å². The molecule has 1 fully saturated rings. The van der Waals surface area contributed by atoms with Crippen molar-refractivity contribution in [2.45, 2.75) is 18.8 Å². The second-order valence-corrected chi connectivity index (χ2v) is 7.16. The number of amides is 1. The quantitative estimate of drug-likeness (QED) is 0.699. The van der Waals surface area contributed by atoms with E-state index in [9.17, 15) is 4.79 Å². The molecule has 1 aromatic carbocycles. The van der Waals surface area contributed by atoms with E-state index in [1.54, 1.807) is 7.11 Å². The highest BCUT2D eigenvalue weighted by Gasteiger charge is 2.29. The Morgan fingerprint density at radius 1 is 1.27 bits per heavy atom. The summed E-state index contributed by atoms with van der Waals surface area (Å²) in [6, 6.07) is 11.3. The largest absolute Gasteiger partial charge is 0.496 e. The van der Waals surface area contributed by atoms with Crippen molar-refractivity contribution in [2.24, 2.45) is 0 Å². The minimum atomic E-state index is 0.0589. The number of thiophene rings is 1. The molecule has 2 aromatic heterocycles. The van der Waals surface area contributed by atoms with Gasteiger partial charge in [-0.1, -0.05) is 18.2 Å². The zero-order valence-corrected chi connectivity index (χ0v) is 15.2. The first kappa shape index (κ1) is 16.8. The molecule has 134 valence electrons. The second-order valence-electron chi connectivity index (χ2n) is 6.21. The van der Waals surface area contributed by atoms with Gasteiger partial charge in [-0.3, -0.25) is 4.79 Å². The molecule has 0 aliphatic carbocycles. The van der Waals surface area contributed by atoms with Gasteiger partial charge in [-0.15, -0.1) is 21.5 Å². The van der Waals surface area contributed by atoms with Gasteiger partial charge >= 0.3 is 0 Å². The standard InChI is InChI=1S/C19H19N3O3S/c1-24-15-8-3-2-7-14(15)18-21-20-17(25-18)13-6-4-10-22(12-13)19(23)16-9-5-11-26-16/h2-3,5,7-9,11,13H,4,6,10,12H2,1H3/t13-/m1/s1. The number of para-hydroxylation sites is 1.